The number of rotatable bonds is 3. The van der Waals surface area contributed by atoms with Crippen LogP contribution < -0.4 is 0 Å². The van der Waals surface area contributed by atoms with Crippen LogP contribution in [0.2, 0.25) is 0 Å². The monoisotopic (exact) mass is 224 g/mol. The van der Waals surface area contributed by atoms with E-state index in [9.17, 15) is 14.9 Å². The number of hydrogen-bond acceptors (Lipinski definition) is 4. The molecule has 0 saturated heterocycles. The van der Waals surface area contributed by atoms with Crippen LogP contribution >= 0.6 is 0 Å². The van der Waals surface area contributed by atoms with Gasteiger partial charge in [0.2, 0.25) is 0 Å². The summed E-state index contributed by atoms with van der Waals surface area (Å²) in [5, 5.41) is 19.1. The molecule has 1 aromatic rings. The Bertz CT molecular complexity index is 441. The number of hydrogen-bond donors (Lipinski definition) is 1. The van der Waals surface area contributed by atoms with Gasteiger partial charge in [-0.15, -0.1) is 0 Å². The molecule has 1 rings (SSSR count). The topological polar surface area (TPSA) is 80.4 Å². The maximum absolute atomic E-state index is 10.6. The van der Waals surface area contributed by atoms with E-state index in [4.69, 9.17) is 5.11 Å². The summed E-state index contributed by atoms with van der Waals surface area (Å²) in [6.07, 6.45) is 1.09. The first-order valence-corrected chi connectivity index (χ1v) is 4.28. The largest absolute Gasteiger partial charge is 0.773 e. The van der Waals surface area contributed by atoms with Crippen molar-refractivity contribution in [1.82, 2.24) is 0 Å². The normalized spacial score (nSPS) is 11.1. The second kappa shape index (κ2) is 4.52. The number of nitro benzene ring substituents is 1. The van der Waals surface area contributed by atoms with Crippen LogP contribution in [0.3, 0.4) is 0 Å². The van der Waals surface area contributed by atoms with Crippen molar-refractivity contribution in [1.29, 1.82) is 0 Å². The number of carboxylic acids is 1. The van der Waals surface area contributed by atoms with E-state index in [0.717, 1.165) is 6.08 Å². The Morgan fingerprint density at radius 2 is 2.07 bits per heavy atom. The predicted octanol–water partition coefficient (Wildman–Crippen LogP) is 1.57. The first kappa shape index (κ1) is 11.1. The van der Waals surface area contributed by atoms with Crippen LogP contribution in [0.1, 0.15) is 5.56 Å². The van der Waals surface area contributed by atoms with Gasteiger partial charge in [-0.1, -0.05) is 23.1 Å². The first-order valence-electron chi connectivity index (χ1n) is 3.88. The number of benzene rings is 1. The minimum absolute atomic E-state index is 0.166. The van der Waals surface area contributed by atoms with Crippen molar-refractivity contribution in [2.24, 2.45) is 0 Å². The molecule has 0 heterocycles. The van der Waals surface area contributed by atoms with Crippen LogP contribution in [0.15, 0.2) is 29.2 Å². The fourth-order valence-corrected chi connectivity index (χ4v) is 1.11. The predicted molar refractivity (Wildman–Crippen MR) is 56.1 cm³/mol. The van der Waals surface area contributed by atoms with Crippen molar-refractivity contribution in [3.63, 3.8) is 0 Å². The van der Waals surface area contributed by atoms with Gasteiger partial charge in [-0.05, 0) is 6.07 Å². The Balaban J connectivity index is 3.20. The molecule has 0 fully saturated rings. The van der Waals surface area contributed by atoms with Gasteiger partial charge < -0.3 is 17.7 Å². The van der Waals surface area contributed by atoms with Crippen molar-refractivity contribution in [2.75, 3.05) is 0 Å². The highest BCUT2D eigenvalue weighted by molar-refractivity contribution is 7.65. The fourth-order valence-electron chi connectivity index (χ4n) is 0.979. The maximum atomic E-state index is 10.6. The first-order chi connectivity index (χ1) is 7.02. The smallest absolute Gasteiger partial charge is 0.308 e. The van der Waals surface area contributed by atoms with Crippen molar-refractivity contribution in [3.05, 3.63) is 44.8 Å². The summed E-state index contributed by atoms with van der Waals surface area (Å²) in [5.41, 5.74) is 0.0241. The summed E-state index contributed by atoms with van der Waals surface area (Å²) in [6.45, 7) is 0. The average molecular weight is 224 g/mol. The second-order valence-electron chi connectivity index (χ2n) is 2.63. The van der Waals surface area contributed by atoms with Gasteiger partial charge in [-0.3, -0.25) is 10.1 Å². The molecule has 0 aromatic heterocycles. The summed E-state index contributed by atoms with van der Waals surface area (Å²) in [4.78, 5) is 20.1. The van der Waals surface area contributed by atoms with Gasteiger partial charge in [-0.25, -0.2) is 4.79 Å². The third-order valence-corrected chi connectivity index (χ3v) is 1.92. The highest BCUT2D eigenvalue weighted by Crippen LogP contribution is 2.20. The molecule has 0 aliphatic carbocycles. The molecule has 0 saturated carbocycles. The van der Waals surface area contributed by atoms with E-state index in [1.54, 1.807) is 6.07 Å². The molecule has 0 spiro atoms. The Kier molecular flexibility index (Phi) is 3.35. The Labute approximate surface area is 90.6 Å². The molecule has 0 atom stereocenters. The van der Waals surface area contributed by atoms with E-state index in [-0.39, 0.29) is 16.2 Å². The number of para-hydroxylation sites is 1. The van der Waals surface area contributed by atoms with Gasteiger partial charge >= 0.3 is 5.97 Å². The summed E-state index contributed by atoms with van der Waals surface area (Å²) < 4.78 is 0. The van der Waals surface area contributed by atoms with Gasteiger partial charge in [0, 0.05) is 6.07 Å². The van der Waals surface area contributed by atoms with E-state index >= 15 is 0 Å². The Morgan fingerprint density at radius 1 is 1.47 bits per heavy atom. The van der Waals surface area contributed by atoms with E-state index in [2.05, 4.69) is 12.6 Å². The lowest BCUT2D eigenvalue weighted by molar-refractivity contribution is -0.385. The van der Waals surface area contributed by atoms with Crippen molar-refractivity contribution < 1.29 is 14.8 Å². The number of carboxylic acid groups (broad SMARTS) is 1. The van der Waals surface area contributed by atoms with Crippen molar-refractivity contribution >= 4 is 30.4 Å². The zero-order valence-electron chi connectivity index (χ0n) is 7.41. The molecule has 0 unspecified atom stereocenters. The quantitative estimate of drug-likeness (QED) is 0.365. The average Bonchev–Trinajstić information content (AvgIpc) is 2.18. The molecule has 0 aliphatic heterocycles. The molecule has 0 amide bonds. The van der Waals surface area contributed by atoms with Crippen LogP contribution in [0.25, 0.3) is 6.08 Å². The molecule has 5 nitrogen and oxygen atoms in total. The third kappa shape index (κ3) is 2.75. The maximum Gasteiger partial charge on any atom is 0.308 e. The number of nitrogens with zero attached hydrogens (tertiary/aromatic N) is 1. The molecule has 0 radical (unpaired) electrons. The van der Waals surface area contributed by atoms with Crippen molar-refractivity contribution in [2.45, 2.75) is 0 Å². The molecule has 15 heavy (non-hydrogen) atoms. The highest BCUT2D eigenvalue weighted by Gasteiger charge is 2.09. The van der Waals surface area contributed by atoms with Gasteiger partial charge in [0.1, 0.15) is 0 Å². The molecular weight excluding hydrogens is 218 g/mol. The lowest BCUT2D eigenvalue weighted by Gasteiger charge is -2.05. The molecule has 6 heteroatoms. The van der Waals surface area contributed by atoms with Gasteiger partial charge in [-0.2, -0.15) is 0 Å². The molecule has 1 aromatic carbocycles. The van der Waals surface area contributed by atoms with Crippen LogP contribution in [0.5, 0.6) is 0 Å². The van der Waals surface area contributed by atoms with E-state index < -0.39 is 10.9 Å². The third-order valence-electron chi connectivity index (χ3n) is 1.63. The summed E-state index contributed by atoms with van der Waals surface area (Å²) in [5.74, 6) is -1.27. The lowest BCUT2D eigenvalue weighted by Crippen LogP contribution is -1.97. The molecule has 0 bridgehead atoms. The standard InChI is InChI=1S/C9H7NO4S/c11-9(12)8(15)5-6-3-1-2-4-7(6)10(13)14/h1-5,15H,(H,11,12)/p-1/b8-5+. The van der Waals surface area contributed by atoms with Gasteiger partial charge in [0.05, 0.1) is 10.5 Å². The summed E-state index contributed by atoms with van der Waals surface area (Å²) in [7, 11) is 0. The summed E-state index contributed by atoms with van der Waals surface area (Å²) >= 11 is 4.53. The Hall–Kier alpha value is -1.95. The van der Waals surface area contributed by atoms with E-state index in [1.165, 1.54) is 18.2 Å². The minimum atomic E-state index is -1.27. The summed E-state index contributed by atoms with van der Waals surface area (Å²) in [6, 6.07) is 5.80. The molecular formula is C9H6NO4S-. The zero-order chi connectivity index (χ0) is 11.4. The van der Waals surface area contributed by atoms with Crippen LogP contribution in [-0.4, -0.2) is 16.0 Å². The highest BCUT2D eigenvalue weighted by atomic mass is 32.1. The second-order valence-corrected chi connectivity index (χ2v) is 3.07. The molecule has 78 valence electrons. The lowest BCUT2D eigenvalue weighted by atomic mass is 10.1. The van der Waals surface area contributed by atoms with Gasteiger partial charge in [0.25, 0.3) is 5.69 Å². The van der Waals surface area contributed by atoms with Crippen LogP contribution in [0, 0.1) is 10.1 Å². The van der Waals surface area contributed by atoms with Crippen LogP contribution in [-0.2, 0) is 17.4 Å². The fraction of sp³-hybridized carbons (Fsp3) is 0. The molecule has 1 N–H and O–H groups in total. The zero-order valence-corrected chi connectivity index (χ0v) is 8.23. The SMILES string of the molecule is O=C(O)/C([S-])=C\c1ccccc1[N+](=O)[O-]. The minimum Gasteiger partial charge on any atom is -0.773 e. The molecule has 0 aliphatic rings. The van der Waals surface area contributed by atoms with E-state index in [1.807, 2.05) is 0 Å². The number of aliphatic carboxylic acids is 1. The Morgan fingerprint density at radius 3 is 2.60 bits per heavy atom. The van der Waals surface area contributed by atoms with E-state index in [0.29, 0.717) is 0 Å². The van der Waals surface area contributed by atoms with Crippen molar-refractivity contribution in [3.8, 4) is 0 Å². The number of nitro groups is 1. The van der Waals surface area contributed by atoms with Gasteiger partial charge in [0.15, 0.2) is 0 Å². The van der Waals surface area contributed by atoms with Crippen LogP contribution in [0.4, 0.5) is 5.69 Å². The number of carbonyl (C=O) groups is 1.